The molecule has 0 radical (unpaired) electrons. The number of ether oxygens (including phenoxy) is 2. The lowest BCUT2D eigenvalue weighted by molar-refractivity contribution is -0.161. The fraction of sp³-hybridized carbons (Fsp3) is 0.622. The molecule has 0 aliphatic heterocycles. The van der Waals surface area contributed by atoms with Crippen LogP contribution in [0.25, 0.3) is 0 Å². The molecule has 0 aliphatic rings. The molecular formula is C37H60O7. The van der Waals surface area contributed by atoms with E-state index in [2.05, 4.69) is 13.8 Å². The minimum Gasteiger partial charge on any atom is -0.462 e. The van der Waals surface area contributed by atoms with Gasteiger partial charge >= 0.3 is 11.9 Å². The number of hydrogen-bond donors (Lipinski definition) is 3. The Hall–Kier alpha value is -2.74. The molecule has 3 atom stereocenters. The van der Waals surface area contributed by atoms with Gasteiger partial charge in [0.1, 0.15) is 6.61 Å². The van der Waals surface area contributed by atoms with Crippen LogP contribution in [0.3, 0.4) is 0 Å². The summed E-state index contributed by atoms with van der Waals surface area (Å²) < 4.78 is 10.4. The average Bonchev–Trinajstić information content (AvgIpc) is 3.01. The summed E-state index contributed by atoms with van der Waals surface area (Å²) in [6, 6.07) is 0. The van der Waals surface area contributed by atoms with Crippen LogP contribution in [0.2, 0.25) is 0 Å². The van der Waals surface area contributed by atoms with E-state index in [9.17, 15) is 24.9 Å². The van der Waals surface area contributed by atoms with Gasteiger partial charge in [-0.05, 0) is 38.5 Å². The van der Waals surface area contributed by atoms with Crippen molar-refractivity contribution >= 4 is 11.9 Å². The predicted molar refractivity (Wildman–Crippen MR) is 180 cm³/mol. The van der Waals surface area contributed by atoms with E-state index in [1.165, 1.54) is 38.5 Å². The van der Waals surface area contributed by atoms with Gasteiger partial charge in [-0.1, -0.05) is 138 Å². The second-order valence-electron chi connectivity index (χ2n) is 10.9. The van der Waals surface area contributed by atoms with Crippen molar-refractivity contribution in [2.24, 2.45) is 0 Å². The molecule has 0 fully saturated rings. The third kappa shape index (κ3) is 29.3. The zero-order valence-corrected chi connectivity index (χ0v) is 27.4. The van der Waals surface area contributed by atoms with Gasteiger partial charge in [-0.15, -0.1) is 0 Å². The van der Waals surface area contributed by atoms with Crippen LogP contribution in [-0.4, -0.2) is 58.8 Å². The zero-order valence-electron chi connectivity index (χ0n) is 27.4. The van der Waals surface area contributed by atoms with Crippen LogP contribution in [-0.2, 0) is 19.1 Å². The summed E-state index contributed by atoms with van der Waals surface area (Å²) in [5, 5.41) is 29.3. The summed E-state index contributed by atoms with van der Waals surface area (Å²) in [6.07, 6.45) is 34.7. The second-order valence-corrected chi connectivity index (χ2v) is 10.9. The molecule has 0 aromatic heterocycles. The molecule has 0 bridgehead atoms. The molecule has 0 aromatic carbocycles. The van der Waals surface area contributed by atoms with Gasteiger partial charge in [0.15, 0.2) is 6.10 Å². The largest absolute Gasteiger partial charge is 0.462 e. The molecule has 3 N–H and O–H groups in total. The summed E-state index contributed by atoms with van der Waals surface area (Å²) in [4.78, 5) is 24.0. The highest BCUT2D eigenvalue weighted by molar-refractivity contribution is 5.70. The molecule has 0 aliphatic carbocycles. The van der Waals surface area contributed by atoms with Gasteiger partial charge < -0.3 is 24.8 Å². The predicted octanol–water partition coefficient (Wildman–Crippen LogP) is 7.77. The Labute approximate surface area is 267 Å². The second kappa shape index (κ2) is 31.7. The van der Waals surface area contributed by atoms with Crippen molar-refractivity contribution in [1.29, 1.82) is 0 Å². The van der Waals surface area contributed by atoms with Crippen LogP contribution >= 0.6 is 0 Å². The standard InChI is InChI=1S/C37H60O7/c1-3-5-7-8-9-10-14-17-23-29-36(41)43-32-35(31-38)44-37(42)30-24-18-22-28-34(40)27-21-16-13-11-12-15-20-26-33(39)25-19-6-4-2/h6,12-13,15-16,19-22,26-28,33-35,38-40H,3-5,7-11,14,17-18,23-25,29-32H2,1-2H3/b15-12-,16-13-,19-6-,26-20+,27-21+,28-22-/t33-,34-,35-/m0/s1. The Bertz CT molecular complexity index is 869. The number of unbranched alkanes of at least 4 members (excludes halogenated alkanes) is 9. The van der Waals surface area contributed by atoms with Crippen LogP contribution in [0.4, 0.5) is 0 Å². The Morgan fingerprint density at radius 3 is 1.98 bits per heavy atom. The maximum atomic E-state index is 12.1. The molecule has 7 heteroatoms. The van der Waals surface area contributed by atoms with Gasteiger partial charge in [0, 0.05) is 12.8 Å². The highest BCUT2D eigenvalue weighted by Gasteiger charge is 2.16. The molecule has 0 heterocycles. The third-order valence-electron chi connectivity index (χ3n) is 6.69. The maximum absolute atomic E-state index is 12.1. The molecule has 0 amide bonds. The third-order valence-corrected chi connectivity index (χ3v) is 6.69. The minimum absolute atomic E-state index is 0.139. The van der Waals surface area contributed by atoms with E-state index in [1.807, 2.05) is 48.6 Å². The van der Waals surface area contributed by atoms with E-state index in [4.69, 9.17) is 9.47 Å². The molecule has 0 spiro atoms. The van der Waals surface area contributed by atoms with Gasteiger partial charge in [0.2, 0.25) is 0 Å². The first-order chi connectivity index (χ1) is 21.4. The quantitative estimate of drug-likeness (QED) is 0.0356. The summed E-state index contributed by atoms with van der Waals surface area (Å²) in [7, 11) is 0. The number of hydrogen-bond acceptors (Lipinski definition) is 7. The molecule has 7 nitrogen and oxygen atoms in total. The molecule has 0 saturated carbocycles. The number of aliphatic hydroxyl groups is 3. The topological polar surface area (TPSA) is 113 Å². The van der Waals surface area contributed by atoms with Crippen LogP contribution in [0.1, 0.15) is 117 Å². The van der Waals surface area contributed by atoms with Crippen molar-refractivity contribution < 1.29 is 34.4 Å². The van der Waals surface area contributed by atoms with Crippen molar-refractivity contribution in [2.45, 2.75) is 135 Å². The van der Waals surface area contributed by atoms with Gasteiger partial charge in [-0.25, -0.2) is 0 Å². The Balaban J connectivity index is 3.96. The van der Waals surface area contributed by atoms with E-state index in [0.29, 0.717) is 25.7 Å². The number of aliphatic hydroxyl groups excluding tert-OH is 3. The van der Waals surface area contributed by atoms with E-state index in [1.54, 1.807) is 24.3 Å². The van der Waals surface area contributed by atoms with Crippen molar-refractivity contribution in [3.63, 3.8) is 0 Å². The van der Waals surface area contributed by atoms with Crippen LogP contribution in [0.5, 0.6) is 0 Å². The number of carbonyl (C=O) groups excluding carboxylic acids is 2. The molecule has 0 saturated heterocycles. The van der Waals surface area contributed by atoms with Crippen molar-refractivity contribution in [2.75, 3.05) is 13.2 Å². The Morgan fingerprint density at radius 2 is 1.32 bits per heavy atom. The normalized spacial score (nSPS) is 14.6. The fourth-order valence-electron chi connectivity index (χ4n) is 4.12. The van der Waals surface area contributed by atoms with E-state index >= 15 is 0 Å². The van der Waals surface area contributed by atoms with E-state index < -0.39 is 30.9 Å². The zero-order chi connectivity index (χ0) is 32.5. The van der Waals surface area contributed by atoms with Crippen molar-refractivity contribution in [1.82, 2.24) is 0 Å². The van der Waals surface area contributed by atoms with E-state index in [-0.39, 0.29) is 19.0 Å². The molecular weight excluding hydrogens is 556 g/mol. The molecule has 250 valence electrons. The van der Waals surface area contributed by atoms with Crippen LogP contribution in [0.15, 0.2) is 72.9 Å². The van der Waals surface area contributed by atoms with Gasteiger partial charge in [0.25, 0.3) is 0 Å². The lowest BCUT2D eigenvalue weighted by atomic mass is 10.1. The van der Waals surface area contributed by atoms with Crippen molar-refractivity contribution in [3.8, 4) is 0 Å². The lowest BCUT2D eigenvalue weighted by Gasteiger charge is -2.15. The number of rotatable bonds is 28. The summed E-state index contributed by atoms with van der Waals surface area (Å²) in [5.74, 6) is -0.786. The van der Waals surface area contributed by atoms with Crippen molar-refractivity contribution in [3.05, 3.63) is 72.9 Å². The first-order valence-electron chi connectivity index (χ1n) is 16.7. The van der Waals surface area contributed by atoms with Crippen LogP contribution in [0, 0.1) is 0 Å². The molecule has 0 unspecified atom stereocenters. The summed E-state index contributed by atoms with van der Waals surface area (Å²) in [6.45, 7) is 3.73. The Morgan fingerprint density at radius 1 is 0.682 bits per heavy atom. The molecule has 0 aromatic rings. The maximum Gasteiger partial charge on any atom is 0.306 e. The highest BCUT2D eigenvalue weighted by Crippen LogP contribution is 2.11. The monoisotopic (exact) mass is 616 g/mol. The minimum atomic E-state index is -0.858. The summed E-state index contributed by atoms with van der Waals surface area (Å²) >= 11 is 0. The average molecular weight is 617 g/mol. The summed E-state index contributed by atoms with van der Waals surface area (Å²) in [5.41, 5.74) is 0. The molecule has 0 rings (SSSR count). The first-order valence-corrected chi connectivity index (χ1v) is 16.7. The SMILES string of the molecule is CC/C=C\C[C@H](O)/C=C/C=C\C/C=C\C=C\[C@H](O)/C=C\CCCC(=O)O[C@@H](CO)COC(=O)CCCCCCCCCCC. The number of carbonyl (C=O) groups is 2. The highest BCUT2D eigenvalue weighted by atomic mass is 16.6. The van der Waals surface area contributed by atoms with Gasteiger partial charge in [-0.3, -0.25) is 9.59 Å². The fourth-order valence-corrected chi connectivity index (χ4v) is 4.12. The first kappa shape index (κ1) is 41.3. The smallest absolute Gasteiger partial charge is 0.306 e. The Kier molecular flexibility index (Phi) is 29.7. The lowest BCUT2D eigenvalue weighted by Crippen LogP contribution is -2.28. The number of allylic oxidation sites excluding steroid dienone is 8. The molecule has 44 heavy (non-hydrogen) atoms. The van der Waals surface area contributed by atoms with Crippen LogP contribution < -0.4 is 0 Å². The number of esters is 2. The van der Waals surface area contributed by atoms with Gasteiger partial charge in [0.05, 0.1) is 18.8 Å². The van der Waals surface area contributed by atoms with Gasteiger partial charge in [-0.2, -0.15) is 0 Å². The van der Waals surface area contributed by atoms with E-state index in [0.717, 1.165) is 32.1 Å².